The van der Waals surface area contributed by atoms with Crippen molar-refractivity contribution in [2.24, 2.45) is 0 Å². The number of hydrogen-bond acceptors (Lipinski definition) is 3. The second-order valence-corrected chi connectivity index (χ2v) is 12.6. The van der Waals surface area contributed by atoms with Crippen molar-refractivity contribution in [1.29, 1.82) is 0 Å². The molecule has 0 radical (unpaired) electrons. The summed E-state index contributed by atoms with van der Waals surface area (Å²) < 4.78 is 2.22. The summed E-state index contributed by atoms with van der Waals surface area (Å²) in [5.74, 6) is 0.298. The highest BCUT2D eigenvalue weighted by Crippen LogP contribution is 2.42. The van der Waals surface area contributed by atoms with E-state index in [1.54, 1.807) is 0 Å². The predicted molar refractivity (Wildman–Crippen MR) is 166 cm³/mol. The highest BCUT2D eigenvalue weighted by Gasteiger charge is 2.26. The van der Waals surface area contributed by atoms with Crippen molar-refractivity contribution in [3.8, 4) is 34.0 Å². The molecule has 0 unspecified atom stereocenters. The molecule has 6 aromatic rings. The van der Waals surface area contributed by atoms with Gasteiger partial charge in [0, 0.05) is 39.3 Å². The summed E-state index contributed by atoms with van der Waals surface area (Å²) in [6.07, 6.45) is 1.82. The first-order valence-corrected chi connectivity index (χ1v) is 13.8. The van der Waals surface area contributed by atoms with Gasteiger partial charge in [0.2, 0.25) is 0 Å². The molecule has 0 amide bonds. The van der Waals surface area contributed by atoms with Crippen molar-refractivity contribution >= 4 is 21.9 Å². The maximum Gasteiger partial charge on any atom is 0.146 e. The lowest BCUT2D eigenvalue weighted by Gasteiger charge is -2.27. The third-order valence-corrected chi connectivity index (χ3v) is 7.65. The van der Waals surface area contributed by atoms with Crippen LogP contribution >= 0.6 is 0 Å². The summed E-state index contributed by atoms with van der Waals surface area (Å²) >= 11 is 0. The summed E-state index contributed by atoms with van der Waals surface area (Å²) in [5.41, 5.74) is 8.27. The average Bonchev–Trinajstić information content (AvgIpc) is 3.26. The van der Waals surface area contributed by atoms with E-state index in [9.17, 15) is 5.11 Å². The molecule has 3 aromatic heterocycles. The molecule has 0 fully saturated rings. The molecule has 0 bridgehead atoms. The second-order valence-electron chi connectivity index (χ2n) is 12.6. The van der Waals surface area contributed by atoms with Gasteiger partial charge in [-0.05, 0) is 64.9 Å². The number of phenols is 1. The molecule has 4 nitrogen and oxygen atoms in total. The van der Waals surface area contributed by atoms with Gasteiger partial charge in [0.1, 0.15) is 11.4 Å². The van der Waals surface area contributed by atoms with Gasteiger partial charge in [-0.1, -0.05) is 84.0 Å². The SMILES string of the molecule is CC(C)(C)c1cc(-c2ccc3c4ccccc4n(-c4cccc(-c5ccccn5)c4)c3n2)c(O)c(C(C)(C)C)c1. The molecule has 3 heterocycles. The Morgan fingerprint density at radius 3 is 2.17 bits per heavy atom. The van der Waals surface area contributed by atoms with Crippen molar-refractivity contribution in [1.82, 2.24) is 14.5 Å². The Balaban J connectivity index is 1.63. The van der Waals surface area contributed by atoms with Crippen molar-refractivity contribution in [3.05, 3.63) is 108 Å². The lowest BCUT2D eigenvalue weighted by atomic mass is 9.78. The Bertz CT molecular complexity index is 1870. The van der Waals surface area contributed by atoms with E-state index in [-0.39, 0.29) is 10.8 Å². The van der Waals surface area contributed by atoms with Crippen molar-refractivity contribution < 1.29 is 5.11 Å². The summed E-state index contributed by atoms with van der Waals surface area (Å²) in [6.45, 7) is 13.0. The third kappa shape index (κ3) is 4.44. The average molecular weight is 526 g/mol. The lowest BCUT2D eigenvalue weighted by Crippen LogP contribution is -2.17. The lowest BCUT2D eigenvalue weighted by molar-refractivity contribution is 0.446. The summed E-state index contributed by atoms with van der Waals surface area (Å²) in [7, 11) is 0. The number of benzene rings is 3. The number of hydrogen-bond donors (Lipinski definition) is 1. The van der Waals surface area contributed by atoms with Crippen LogP contribution in [0.25, 0.3) is 50.1 Å². The van der Waals surface area contributed by atoms with E-state index in [1.807, 2.05) is 30.5 Å². The van der Waals surface area contributed by atoms with Crippen LogP contribution < -0.4 is 0 Å². The van der Waals surface area contributed by atoms with E-state index in [0.717, 1.165) is 55.7 Å². The van der Waals surface area contributed by atoms with Crippen LogP contribution in [0.4, 0.5) is 0 Å². The molecule has 6 rings (SSSR count). The number of pyridine rings is 2. The van der Waals surface area contributed by atoms with Gasteiger partial charge in [-0.2, -0.15) is 0 Å². The van der Waals surface area contributed by atoms with E-state index in [0.29, 0.717) is 5.75 Å². The third-order valence-electron chi connectivity index (χ3n) is 7.65. The van der Waals surface area contributed by atoms with Crippen LogP contribution in [0.5, 0.6) is 5.75 Å². The van der Waals surface area contributed by atoms with Crippen molar-refractivity contribution in [3.63, 3.8) is 0 Å². The molecular weight excluding hydrogens is 490 g/mol. The molecule has 0 aliphatic rings. The fraction of sp³-hybridized carbons (Fsp3) is 0.222. The molecule has 4 heteroatoms. The van der Waals surface area contributed by atoms with Crippen LogP contribution in [0.2, 0.25) is 0 Å². The number of aromatic hydroxyl groups is 1. The van der Waals surface area contributed by atoms with Crippen LogP contribution in [0, 0.1) is 0 Å². The molecule has 200 valence electrons. The zero-order valence-electron chi connectivity index (χ0n) is 24.0. The first kappa shape index (κ1) is 25.8. The molecule has 0 aliphatic carbocycles. The maximum absolute atomic E-state index is 11.6. The number of aromatic nitrogens is 3. The number of para-hydroxylation sites is 1. The zero-order chi connectivity index (χ0) is 28.2. The normalized spacial score (nSPS) is 12.3. The largest absolute Gasteiger partial charge is 0.507 e. The van der Waals surface area contributed by atoms with Crippen molar-refractivity contribution in [2.45, 2.75) is 52.4 Å². The Morgan fingerprint density at radius 2 is 1.45 bits per heavy atom. The van der Waals surface area contributed by atoms with E-state index in [2.05, 4.69) is 118 Å². The fourth-order valence-corrected chi connectivity index (χ4v) is 5.42. The highest BCUT2D eigenvalue weighted by molar-refractivity contribution is 6.08. The number of phenolic OH excluding ortho intramolecular Hbond substituents is 1. The van der Waals surface area contributed by atoms with Gasteiger partial charge in [-0.3, -0.25) is 9.55 Å². The van der Waals surface area contributed by atoms with Gasteiger partial charge in [-0.15, -0.1) is 0 Å². The van der Waals surface area contributed by atoms with Crippen LogP contribution in [0.3, 0.4) is 0 Å². The fourth-order valence-electron chi connectivity index (χ4n) is 5.42. The van der Waals surface area contributed by atoms with Crippen LogP contribution in [-0.2, 0) is 10.8 Å². The van der Waals surface area contributed by atoms with Crippen molar-refractivity contribution in [2.75, 3.05) is 0 Å². The first-order chi connectivity index (χ1) is 19.0. The van der Waals surface area contributed by atoms with E-state index < -0.39 is 0 Å². The minimum Gasteiger partial charge on any atom is -0.507 e. The smallest absolute Gasteiger partial charge is 0.146 e. The zero-order valence-corrected chi connectivity index (χ0v) is 24.0. The summed E-state index contributed by atoms with van der Waals surface area (Å²) in [5, 5.41) is 13.8. The molecule has 40 heavy (non-hydrogen) atoms. The molecular formula is C36H35N3O. The van der Waals surface area contributed by atoms with Gasteiger partial charge in [0.05, 0.1) is 16.9 Å². The number of nitrogens with zero attached hydrogens (tertiary/aromatic N) is 3. The Hall–Kier alpha value is -4.44. The summed E-state index contributed by atoms with van der Waals surface area (Å²) in [6, 6.07) is 31.2. The molecule has 0 aliphatic heterocycles. The highest BCUT2D eigenvalue weighted by atomic mass is 16.3. The van der Waals surface area contributed by atoms with Gasteiger partial charge in [-0.25, -0.2) is 4.98 Å². The second kappa shape index (κ2) is 9.34. The Labute approximate surface area is 236 Å². The molecule has 0 atom stereocenters. The predicted octanol–water partition coefficient (Wildman–Crippen LogP) is 9.21. The maximum atomic E-state index is 11.6. The monoisotopic (exact) mass is 525 g/mol. The standard InChI is InChI=1S/C36H35N3O/c1-35(2,3)24-21-28(33(40)29(22-24)36(4,5)6)31-18-17-27-26-14-7-8-16-32(26)39(34(27)38-31)25-13-11-12-23(20-25)30-15-9-10-19-37-30/h7-22,40H,1-6H3. The molecule has 0 saturated heterocycles. The topological polar surface area (TPSA) is 50.9 Å². The van der Waals surface area contributed by atoms with Gasteiger partial charge in [0.15, 0.2) is 0 Å². The van der Waals surface area contributed by atoms with E-state index in [4.69, 9.17) is 4.98 Å². The molecule has 0 saturated carbocycles. The number of fused-ring (bicyclic) bond motifs is 3. The van der Waals surface area contributed by atoms with Crippen LogP contribution in [0.1, 0.15) is 52.7 Å². The quantitative estimate of drug-likeness (QED) is 0.250. The minimum absolute atomic E-state index is 0.0760. The molecule has 0 spiro atoms. The van der Waals surface area contributed by atoms with Crippen LogP contribution in [-0.4, -0.2) is 19.6 Å². The number of rotatable bonds is 3. The Kier molecular flexibility index (Phi) is 6.03. The van der Waals surface area contributed by atoms with E-state index >= 15 is 0 Å². The van der Waals surface area contributed by atoms with Gasteiger partial charge < -0.3 is 5.11 Å². The minimum atomic E-state index is -0.217. The van der Waals surface area contributed by atoms with Gasteiger partial charge in [0.25, 0.3) is 0 Å². The Morgan fingerprint density at radius 1 is 0.675 bits per heavy atom. The van der Waals surface area contributed by atoms with E-state index in [1.165, 1.54) is 5.56 Å². The first-order valence-electron chi connectivity index (χ1n) is 13.8. The molecule has 1 N–H and O–H groups in total. The van der Waals surface area contributed by atoms with Crippen LogP contribution in [0.15, 0.2) is 97.2 Å². The van der Waals surface area contributed by atoms with Gasteiger partial charge >= 0.3 is 0 Å². The molecule has 3 aromatic carbocycles. The summed E-state index contributed by atoms with van der Waals surface area (Å²) in [4.78, 5) is 9.82.